The number of ether oxygens (including phenoxy) is 3. The van der Waals surface area contributed by atoms with Crippen LogP contribution in [0.15, 0.2) is 54.7 Å². The van der Waals surface area contributed by atoms with E-state index in [2.05, 4.69) is 0 Å². The second kappa shape index (κ2) is 13.8. The average Bonchev–Trinajstić information content (AvgIpc) is 3.01. The monoisotopic (exact) mass is 662 g/mol. The molecule has 250 valence electrons. The van der Waals surface area contributed by atoms with Crippen LogP contribution < -0.4 is 14.4 Å². The molecule has 1 saturated heterocycles. The molecule has 47 heavy (non-hydrogen) atoms. The number of nitrogens with zero attached hydrogens (tertiary/aromatic N) is 4. The normalized spacial score (nSPS) is 17.5. The lowest BCUT2D eigenvalue weighted by molar-refractivity contribution is -0.138. The Labute approximate surface area is 281 Å². The van der Waals surface area contributed by atoms with Crippen molar-refractivity contribution in [2.75, 3.05) is 31.6 Å². The van der Waals surface area contributed by atoms with Crippen LogP contribution >= 0.6 is 11.6 Å². The molecule has 5 rings (SSSR count). The number of pyridine rings is 1. The van der Waals surface area contributed by atoms with Crippen LogP contribution in [0.25, 0.3) is 0 Å². The number of aromatic nitrogens is 1. The lowest BCUT2D eigenvalue weighted by Crippen LogP contribution is -2.53. The third-order valence-electron chi connectivity index (χ3n) is 8.26. The van der Waals surface area contributed by atoms with Gasteiger partial charge in [0.25, 0.3) is 0 Å². The van der Waals surface area contributed by atoms with Gasteiger partial charge in [-0.15, -0.1) is 0 Å². The van der Waals surface area contributed by atoms with E-state index in [1.165, 1.54) is 4.90 Å². The van der Waals surface area contributed by atoms with Gasteiger partial charge in [-0.3, -0.25) is 19.5 Å². The number of carbonyl (C=O) groups excluding carboxylic acids is 3. The molecule has 10 nitrogen and oxygen atoms in total. The maximum atomic E-state index is 13.9. The third-order valence-corrected chi connectivity index (χ3v) is 8.52. The zero-order chi connectivity index (χ0) is 34.0. The van der Waals surface area contributed by atoms with Gasteiger partial charge in [0.1, 0.15) is 12.1 Å². The first kappa shape index (κ1) is 34.0. The molecule has 2 atom stereocenters. The van der Waals surface area contributed by atoms with Crippen molar-refractivity contribution in [2.45, 2.75) is 78.2 Å². The lowest BCUT2D eigenvalue weighted by atomic mass is 9.87. The molecular weight excluding hydrogens is 620 g/mol. The van der Waals surface area contributed by atoms with E-state index in [9.17, 15) is 14.4 Å². The first-order chi connectivity index (χ1) is 22.2. The summed E-state index contributed by atoms with van der Waals surface area (Å²) in [6, 6.07) is 14.6. The first-order valence-corrected chi connectivity index (χ1v) is 16.3. The molecule has 0 spiro atoms. The Balaban J connectivity index is 1.41. The minimum absolute atomic E-state index is 0.0568. The van der Waals surface area contributed by atoms with Crippen molar-refractivity contribution in [3.8, 4) is 11.5 Å². The number of carbonyl (C=O) groups is 3. The van der Waals surface area contributed by atoms with Gasteiger partial charge >= 0.3 is 6.09 Å². The van der Waals surface area contributed by atoms with Crippen molar-refractivity contribution >= 4 is 35.2 Å². The van der Waals surface area contributed by atoms with Crippen molar-refractivity contribution in [1.29, 1.82) is 0 Å². The fourth-order valence-electron chi connectivity index (χ4n) is 6.04. The number of methoxy groups -OCH3 is 1. The minimum atomic E-state index is -0.640. The van der Waals surface area contributed by atoms with E-state index in [-0.39, 0.29) is 43.0 Å². The van der Waals surface area contributed by atoms with Crippen LogP contribution in [0.4, 0.5) is 10.5 Å². The fourth-order valence-corrected chi connectivity index (χ4v) is 6.17. The molecule has 3 heterocycles. The maximum Gasteiger partial charge on any atom is 0.410 e. The Bertz CT molecular complexity index is 1620. The molecule has 0 N–H and O–H groups in total. The average molecular weight is 663 g/mol. The second-order valence-electron chi connectivity index (χ2n) is 13.3. The summed E-state index contributed by atoms with van der Waals surface area (Å²) in [7, 11) is 1.60. The molecule has 0 saturated carbocycles. The number of piperazine rings is 1. The van der Waals surface area contributed by atoms with Crippen LogP contribution in [0.2, 0.25) is 5.02 Å². The molecule has 0 aliphatic carbocycles. The fraction of sp³-hybridized carbons (Fsp3) is 0.444. The minimum Gasteiger partial charge on any atom is -0.493 e. The molecule has 2 aromatic carbocycles. The molecule has 11 heteroatoms. The summed E-state index contributed by atoms with van der Waals surface area (Å²) in [4.78, 5) is 49.2. The lowest BCUT2D eigenvalue weighted by Gasteiger charge is -2.39. The Morgan fingerprint density at radius 2 is 1.72 bits per heavy atom. The molecule has 0 radical (unpaired) electrons. The van der Waals surface area contributed by atoms with Crippen LogP contribution in [-0.4, -0.2) is 71.1 Å². The number of hydrogen-bond acceptors (Lipinski definition) is 7. The number of amides is 3. The number of hydrogen-bond donors (Lipinski definition) is 0. The predicted octanol–water partition coefficient (Wildman–Crippen LogP) is 6.54. The van der Waals surface area contributed by atoms with Crippen LogP contribution in [-0.2, 0) is 27.2 Å². The molecule has 2 unspecified atom stereocenters. The molecule has 3 amide bonds. The Hall–Kier alpha value is -4.31. The topological polar surface area (TPSA) is 102 Å². The van der Waals surface area contributed by atoms with E-state index in [1.54, 1.807) is 43.9 Å². The SMILES string of the molecule is COc1cc2c(cc1OC(C)C)C(Cc1ccc(Cl)cc1)N(c1ccc(C(C)N3CCN(C(=O)OC(C)(C)C)CC3=O)nc1)C(=O)C2. The van der Waals surface area contributed by atoms with Gasteiger partial charge in [0, 0.05) is 18.1 Å². The van der Waals surface area contributed by atoms with Crippen LogP contribution in [0.3, 0.4) is 0 Å². The van der Waals surface area contributed by atoms with Crippen molar-refractivity contribution in [2.24, 2.45) is 0 Å². The van der Waals surface area contributed by atoms with Gasteiger partial charge in [0.05, 0.1) is 49.3 Å². The van der Waals surface area contributed by atoms with Crippen LogP contribution in [0.5, 0.6) is 11.5 Å². The van der Waals surface area contributed by atoms with Gasteiger partial charge in [0.2, 0.25) is 11.8 Å². The molecule has 1 fully saturated rings. The quantitative estimate of drug-likeness (QED) is 0.270. The summed E-state index contributed by atoms with van der Waals surface area (Å²) in [5.41, 5.74) is 3.58. The summed E-state index contributed by atoms with van der Waals surface area (Å²) >= 11 is 6.18. The highest BCUT2D eigenvalue weighted by Gasteiger charge is 2.36. The van der Waals surface area contributed by atoms with Gasteiger partial charge in [-0.25, -0.2) is 4.79 Å². The third kappa shape index (κ3) is 7.81. The Morgan fingerprint density at radius 3 is 2.32 bits per heavy atom. The summed E-state index contributed by atoms with van der Waals surface area (Å²) < 4.78 is 17.2. The number of fused-ring (bicyclic) bond motifs is 1. The number of benzene rings is 2. The number of halogens is 1. The van der Waals surface area contributed by atoms with E-state index in [1.807, 2.05) is 69.3 Å². The van der Waals surface area contributed by atoms with E-state index in [0.717, 1.165) is 16.7 Å². The summed E-state index contributed by atoms with van der Waals surface area (Å²) in [6.45, 7) is 11.9. The summed E-state index contributed by atoms with van der Waals surface area (Å²) in [6.07, 6.45) is 1.86. The Kier molecular flexibility index (Phi) is 10.0. The molecule has 3 aromatic rings. The highest BCUT2D eigenvalue weighted by Crippen LogP contribution is 2.42. The smallest absolute Gasteiger partial charge is 0.410 e. The second-order valence-corrected chi connectivity index (χ2v) is 13.7. The van der Waals surface area contributed by atoms with E-state index in [4.69, 9.17) is 30.8 Å². The van der Waals surface area contributed by atoms with Gasteiger partial charge in [-0.2, -0.15) is 0 Å². The van der Waals surface area contributed by atoms with Gasteiger partial charge in [-0.05, 0) is 101 Å². The van der Waals surface area contributed by atoms with E-state index in [0.29, 0.717) is 47.4 Å². The van der Waals surface area contributed by atoms with Crippen molar-refractivity contribution in [1.82, 2.24) is 14.8 Å². The standard InChI is InChI=1S/C36H43ClN4O6/c1-22(2)46-32-19-28-25(17-31(32)45-7)18-33(42)41(30(28)16-24-8-10-26(37)11-9-24)27-12-13-29(38-20-27)23(3)40-15-14-39(21-34(40)43)35(44)47-36(4,5)6/h8-13,17,19-20,22-23,30H,14-16,18,21H2,1-7H3. The molecular formula is C36H43ClN4O6. The summed E-state index contributed by atoms with van der Waals surface area (Å²) in [5, 5.41) is 0.640. The van der Waals surface area contributed by atoms with Gasteiger partial charge < -0.3 is 24.0 Å². The molecule has 0 bridgehead atoms. The number of rotatable bonds is 8. The Morgan fingerprint density at radius 1 is 1.00 bits per heavy atom. The molecule has 1 aromatic heterocycles. The maximum absolute atomic E-state index is 13.9. The van der Waals surface area contributed by atoms with Crippen molar-refractivity contribution in [3.63, 3.8) is 0 Å². The van der Waals surface area contributed by atoms with Crippen molar-refractivity contribution in [3.05, 3.63) is 82.1 Å². The highest BCUT2D eigenvalue weighted by atomic mass is 35.5. The zero-order valence-corrected chi connectivity index (χ0v) is 28.8. The highest BCUT2D eigenvalue weighted by molar-refractivity contribution is 6.30. The van der Waals surface area contributed by atoms with Crippen LogP contribution in [0, 0.1) is 0 Å². The van der Waals surface area contributed by atoms with E-state index >= 15 is 0 Å². The van der Waals surface area contributed by atoms with Gasteiger partial charge in [-0.1, -0.05) is 23.7 Å². The zero-order valence-electron chi connectivity index (χ0n) is 28.1. The largest absolute Gasteiger partial charge is 0.493 e. The van der Waals surface area contributed by atoms with E-state index < -0.39 is 11.7 Å². The van der Waals surface area contributed by atoms with Crippen LogP contribution in [0.1, 0.15) is 76.0 Å². The predicted molar refractivity (Wildman–Crippen MR) is 180 cm³/mol. The van der Waals surface area contributed by atoms with Gasteiger partial charge in [0.15, 0.2) is 11.5 Å². The molecule has 2 aliphatic heterocycles. The summed E-state index contributed by atoms with van der Waals surface area (Å²) in [5.74, 6) is 0.967. The number of anilines is 1. The first-order valence-electron chi connectivity index (χ1n) is 15.9. The van der Waals surface area contributed by atoms with Crippen molar-refractivity contribution < 1.29 is 28.6 Å². The molecule has 2 aliphatic rings.